The number of benzene rings is 3. The minimum atomic E-state index is -3.72. The number of sulfone groups is 1. The van der Waals surface area contributed by atoms with E-state index in [-0.39, 0.29) is 4.90 Å². The second kappa shape index (κ2) is 8.76. The van der Waals surface area contributed by atoms with Crippen molar-refractivity contribution in [1.29, 1.82) is 0 Å². The van der Waals surface area contributed by atoms with Gasteiger partial charge in [-0.05, 0) is 50.6 Å². The first-order valence-corrected chi connectivity index (χ1v) is 13.1. The fourth-order valence-corrected chi connectivity index (χ4v) is 6.24. The first-order chi connectivity index (χ1) is 16.3. The molecular formula is C28H29N3O2S. The number of nitrogens with zero attached hydrogens (tertiary/aromatic N) is 3. The summed E-state index contributed by atoms with van der Waals surface area (Å²) in [5.41, 5.74) is 6.36. The number of rotatable bonds is 4. The van der Waals surface area contributed by atoms with E-state index in [1.807, 2.05) is 43.3 Å². The maximum absolute atomic E-state index is 13.7. The number of anilines is 2. The Bertz CT molecular complexity index is 1460. The zero-order valence-corrected chi connectivity index (χ0v) is 20.6. The van der Waals surface area contributed by atoms with Gasteiger partial charge in [0.1, 0.15) is 4.90 Å². The predicted molar refractivity (Wildman–Crippen MR) is 139 cm³/mol. The van der Waals surface area contributed by atoms with E-state index in [1.54, 1.807) is 12.1 Å². The van der Waals surface area contributed by atoms with E-state index in [0.717, 1.165) is 48.3 Å². The molecule has 0 radical (unpaired) electrons. The van der Waals surface area contributed by atoms with Gasteiger partial charge in [-0.1, -0.05) is 53.6 Å². The molecule has 1 aromatic heterocycles. The summed E-state index contributed by atoms with van der Waals surface area (Å²) in [7, 11) is -3.72. The highest BCUT2D eigenvalue weighted by Crippen LogP contribution is 2.36. The number of aromatic nitrogens is 1. The van der Waals surface area contributed by atoms with Gasteiger partial charge >= 0.3 is 0 Å². The van der Waals surface area contributed by atoms with Crippen LogP contribution in [0.4, 0.5) is 11.4 Å². The summed E-state index contributed by atoms with van der Waals surface area (Å²) in [6.07, 6.45) is 1.53. The first-order valence-electron chi connectivity index (χ1n) is 11.6. The Kier molecular flexibility index (Phi) is 5.78. The third-order valence-corrected chi connectivity index (χ3v) is 8.39. The molecule has 5 rings (SSSR count). The lowest BCUT2D eigenvalue weighted by Gasteiger charge is -2.39. The zero-order valence-electron chi connectivity index (χ0n) is 19.8. The van der Waals surface area contributed by atoms with Crippen LogP contribution in [0.25, 0.3) is 10.9 Å². The number of para-hydroxylation sites is 1. The molecule has 1 aliphatic rings. The van der Waals surface area contributed by atoms with E-state index >= 15 is 0 Å². The molecule has 1 fully saturated rings. The molecule has 0 N–H and O–H groups in total. The molecular weight excluding hydrogens is 442 g/mol. The van der Waals surface area contributed by atoms with Gasteiger partial charge in [0.25, 0.3) is 0 Å². The monoisotopic (exact) mass is 471 g/mol. The summed E-state index contributed by atoms with van der Waals surface area (Å²) >= 11 is 0. The fourth-order valence-electron chi connectivity index (χ4n) is 4.81. The maximum Gasteiger partial charge on any atom is 0.210 e. The molecule has 174 valence electrons. The van der Waals surface area contributed by atoms with E-state index in [9.17, 15) is 8.42 Å². The van der Waals surface area contributed by atoms with Crippen LogP contribution < -0.4 is 9.80 Å². The highest BCUT2D eigenvalue weighted by Gasteiger charge is 2.29. The largest absolute Gasteiger partial charge is 0.368 e. The van der Waals surface area contributed by atoms with Gasteiger partial charge in [-0.25, -0.2) is 8.42 Å². The lowest BCUT2D eigenvalue weighted by Crippen LogP contribution is -2.47. The lowest BCUT2D eigenvalue weighted by molar-refractivity contribution is 0.594. The van der Waals surface area contributed by atoms with Crippen LogP contribution >= 0.6 is 0 Å². The molecule has 4 aromatic rings. The van der Waals surface area contributed by atoms with Crippen molar-refractivity contribution in [2.75, 3.05) is 36.0 Å². The number of fused-ring (bicyclic) bond motifs is 1. The minimum absolute atomic E-state index is 0.273. The van der Waals surface area contributed by atoms with Gasteiger partial charge in [-0.15, -0.1) is 0 Å². The smallest absolute Gasteiger partial charge is 0.210 e. The van der Waals surface area contributed by atoms with Crippen LogP contribution in [-0.4, -0.2) is 39.6 Å². The van der Waals surface area contributed by atoms with E-state index in [0.29, 0.717) is 4.90 Å². The van der Waals surface area contributed by atoms with Crippen LogP contribution in [0.5, 0.6) is 0 Å². The zero-order chi connectivity index (χ0) is 23.9. The summed E-state index contributed by atoms with van der Waals surface area (Å²) in [6.45, 7) is 9.33. The van der Waals surface area contributed by atoms with Crippen LogP contribution in [0.15, 0.2) is 82.7 Å². The van der Waals surface area contributed by atoms with Crippen LogP contribution in [0.3, 0.4) is 0 Å². The maximum atomic E-state index is 13.7. The van der Waals surface area contributed by atoms with Crippen molar-refractivity contribution in [2.45, 2.75) is 30.6 Å². The third kappa shape index (κ3) is 4.03. The van der Waals surface area contributed by atoms with Gasteiger partial charge in [-0.2, -0.15) is 0 Å². The number of hydrogen-bond acceptors (Lipinski definition) is 5. The number of hydrogen-bond donors (Lipinski definition) is 0. The van der Waals surface area contributed by atoms with Gasteiger partial charge in [0.15, 0.2) is 0 Å². The molecule has 5 nitrogen and oxygen atoms in total. The molecule has 6 heteroatoms. The van der Waals surface area contributed by atoms with Crippen molar-refractivity contribution in [3.05, 3.63) is 89.6 Å². The van der Waals surface area contributed by atoms with Gasteiger partial charge < -0.3 is 9.80 Å². The van der Waals surface area contributed by atoms with Crippen molar-refractivity contribution in [3.63, 3.8) is 0 Å². The molecule has 0 amide bonds. The van der Waals surface area contributed by atoms with Crippen LogP contribution in [0.1, 0.15) is 16.7 Å². The third-order valence-electron chi connectivity index (χ3n) is 6.62. The van der Waals surface area contributed by atoms with Gasteiger partial charge in [-0.3, -0.25) is 4.98 Å². The summed E-state index contributed by atoms with van der Waals surface area (Å²) < 4.78 is 27.5. The van der Waals surface area contributed by atoms with Crippen molar-refractivity contribution in [2.24, 2.45) is 0 Å². The summed E-state index contributed by atoms with van der Waals surface area (Å²) in [6, 6.07) is 21.4. The number of pyridine rings is 1. The van der Waals surface area contributed by atoms with Gasteiger partial charge in [0.05, 0.1) is 16.1 Å². The Labute approximate surface area is 201 Å². The second-order valence-corrected chi connectivity index (χ2v) is 11.0. The second-order valence-electron chi connectivity index (χ2n) is 9.07. The molecule has 0 aliphatic carbocycles. The quantitative estimate of drug-likeness (QED) is 0.403. The summed E-state index contributed by atoms with van der Waals surface area (Å²) in [4.78, 5) is 9.69. The average molecular weight is 472 g/mol. The van der Waals surface area contributed by atoms with Crippen molar-refractivity contribution in [3.8, 4) is 0 Å². The molecule has 2 heterocycles. The van der Waals surface area contributed by atoms with Crippen LogP contribution in [0.2, 0.25) is 0 Å². The highest BCUT2D eigenvalue weighted by atomic mass is 32.2. The Hall–Kier alpha value is -3.38. The summed E-state index contributed by atoms with van der Waals surface area (Å²) in [5.74, 6) is 0. The van der Waals surface area contributed by atoms with Crippen molar-refractivity contribution in [1.82, 2.24) is 4.98 Å². The minimum Gasteiger partial charge on any atom is -0.368 e. The fraction of sp³-hybridized carbons (Fsp3) is 0.250. The molecule has 0 spiro atoms. The summed E-state index contributed by atoms with van der Waals surface area (Å²) in [5, 5.41) is 0.871. The van der Waals surface area contributed by atoms with Crippen molar-refractivity contribution < 1.29 is 8.42 Å². The molecule has 1 saturated heterocycles. The first kappa shape index (κ1) is 22.4. The lowest BCUT2D eigenvalue weighted by atomic mass is 10.1. The molecule has 0 saturated carbocycles. The average Bonchev–Trinajstić information content (AvgIpc) is 2.84. The van der Waals surface area contributed by atoms with Gasteiger partial charge in [0.2, 0.25) is 9.84 Å². The SMILES string of the molecule is Cc1ccc(S(=O)(=O)c2cnc3ccccc3c2N2CCN(c3ccc(C)cc3C)CC2)cc1. The standard InChI is InChI=1S/C28H29N3O2S/c1-20-8-11-23(12-9-20)34(32,33)27-19-29-25-7-5-4-6-24(25)28(27)31-16-14-30(15-17-31)26-13-10-21(2)18-22(26)3/h4-13,18-19H,14-17H2,1-3H3. The molecule has 1 aliphatic heterocycles. The molecule has 3 aromatic carbocycles. The van der Waals surface area contributed by atoms with E-state index < -0.39 is 9.84 Å². The number of aryl methyl sites for hydroxylation is 3. The Balaban J connectivity index is 1.55. The highest BCUT2D eigenvalue weighted by molar-refractivity contribution is 7.91. The molecule has 0 unspecified atom stereocenters. The Morgan fingerprint density at radius 1 is 0.765 bits per heavy atom. The Morgan fingerprint density at radius 3 is 2.12 bits per heavy atom. The molecule has 0 bridgehead atoms. The van der Waals surface area contributed by atoms with Crippen LogP contribution in [-0.2, 0) is 9.84 Å². The normalized spacial score (nSPS) is 14.6. The van der Waals surface area contributed by atoms with E-state index in [2.05, 4.69) is 46.8 Å². The predicted octanol–water partition coefficient (Wildman–Crippen LogP) is 5.32. The van der Waals surface area contributed by atoms with E-state index in [1.165, 1.54) is 23.0 Å². The van der Waals surface area contributed by atoms with E-state index in [4.69, 9.17) is 0 Å². The Morgan fingerprint density at radius 2 is 1.41 bits per heavy atom. The van der Waals surface area contributed by atoms with Crippen molar-refractivity contribution >= 4 is 32.1 Å². The topological polar surface area (TPSA) is 53.5 Å². The van der Waals surface area contributed by atoms with Crippen LogP contribution in [0, 0.1) is 20.8 Å². The molecule has 0 atom stereocenters. The molecule has 34 heavy (non-hydrogen) atoms. The van der Waals surface area contributed by atoms with Gasteiger partial charge in [0, 0.05) is 43.4 Å². The number of piperazine rings is 1.